The molecule has 15 heavy (non-hydrogen) atoms. The van der Waals surface area contributed by atoms with Gasteiger partial charge in [0.1, 0.15) is 0 Å². The molecule has 84 valence electrons. The van der Waals surface area contributed by atoms with Crippen LogP contribution in [-0.4, -0.2) is 11.1 Å². The van der Waals surface area contributed by atoms with Crippen LogP contribution in [0.3, 0.4) is 0 Å². The van der Waals surface area contributed by atoms with Gasteiger partial charge in [-0.3, -0.25) is 4.79 Å². The highest BCUT2D eigenvalue weighted by Crippen LogP contribution is 2.11. The lowest BCUT2D eigenvalue weighted by Gasteiger charge is -2.01. The number of carbonyl (C=O) groups is 1. The molecule has 0 atom stereocenters. The van der Waals surface area contributed by atoms with Gasteiger partial charge >= 0.3 is 5.97 Å². The summed E-state index contributed by atoms with van der Waals surface area (Å²) in [7, 11) is 0. The van der Waals surface area contributed by atoms with Gasteiger partial charge in [0.05, 0.1) is 5.92 Å². The van der Waals surface area contributed by atoms with Crippen molar-refractivity contribution in [2.75, 3.05) is 0 Å². The Kier molecular flexibility index (Phi) is 6.43. The van der Waals surface area contributed by atoms with E-state index >= 15 is 0 Å². The summed E-state index contributed by atoms with van der Waals surface area (Å²) in [6, 6.07) is 10.5. The lowest BCUT2D eigenvalue weighted by Crippen LogP contribution is -2.03. The van der Waals surface area contributed by atoms with Gasteiger partial charge in [0.2, 0.25) is 0 Å². The molecule has 2 heteroatoms. The molecule has 0 aromatic heterocycles. The first-order chi connectivity index (χ1) is 6.95. The van der Waals surface area contributed by atoms with E-state index in [-0.39, 0.29) is 5.92 Å². The van der Waals surface area contributed by atoms with E-state index in [1.165, 1.54) is 5.56 Å². The monoisotopic (exact) mass is 208 g/mol. The van der Waals surface area contributed by atoms with Crippen LogP contribution in [0.5, 0.6) is 0 Å². The lowest BCUT2D eigenvalue weighted by molar-refractivity contribution is -0.140. The molecule has 0 aliphatic heterocycles. The van der Waals surface area contributed by atoms with Crippen LogP contribution in [0.4, 0.5) is 0 Å². The summed E-state index contributed by atoms with van der Waals surface area (Å²) in [4.78, 5) is 9.70. The fraction of sp³-hybridized carbons (Fsp3) is 0.462. The predicted octanol–water partition coefficient (Wildman–Crippen LogP) is 3.54. The highest BCUT2D eigenvalue weighted by molar-refractivity contribution is 5.68. The molecule has 1 rings (SSSR count). The highest BCUT2D eigenvalue weighted by atomic mass is 16.4. The van der Waals surface area contributed by atoms with Crippen molar-refractivity contribution < 1.29 is 9.90 Å². The Morgan fingerprint density at radius 3 is 1.67 bits per heavy atom. The molecule has 0 spiro atoms. The molecular formula is C13H20O2. The van der Waals surface area contributed by atoms with E-state index in [2.05, 4.69) is 38.1 Å². The summed E-state index contributed by atoms with van der Waals surface area (Å²) in [5.74, 6) is -0.314. The fourth-order valence-corrected chi connectivity index (χ4v) is 0.838. The molecule has 1 aromatic rings. The molecule has 0 bridgehead atoms. The third kappa shape index (κ3) is 6.72. The van der Waals surface area contributed by atoms with Crippen molar-refractivity contribution in [2.45, 2.75) is 33.6 Å². The molecule has 1 aromatic carbocycles. The number of hydrogen-bond acceptors (Lipinski definition) is 1. The molecule has 0 radical (unpaired) electrons. The molecule has 0 saturated carbocycles. The van der Waals surface area contributed by atoms with Gasteiger partial charge in [-0.25, -0.2) is 0 Å². The molecule has 0 saturated heterocycles. The number of carboxylic acids is 1. The van der Waals surface area contributed by atoms with Crippen molar-refractivity contribution in [3.63, 3.8) is 0 Å². The van der Waals surface area contributed by atoms with E-state index < -0.39 is 5.97 Å². The van der Waals surface area contributed by atoms with Crippen molar-refractivity contribution in [1.82, 2.24) is 0 Å². The smallest absolute Gasteiger partial charge is 0.305 e. The quantitative estimate of drug-likeness (QED) is 0.807. The molecule has 0 fully saturated rings. The van der Waals surface area contributed by atoms with Gasteiger partial charge in [-0.15, -0.1) is 0 Å². The Morgan fingerprint density at radius 1 is 1.07 bits per heavy atom. The summed E-state index contributed by atoms with van der Waals surface area (Å²) in [5.41, 5.74) is 1.41. The second kappa shape index (κ2) is 7.04. The van der Waals surface area contributed by atoms with E-state index in [0.29, 0.717) is 5.92 Å². The lowest BCUT2D eigenvalue weighted by atomic mass is 10.0. The molecule has 0 unspecified atom stereocenters. The standard InChI is InChI=1S/C9H12.C4H8O2/c1-8(2)9-6-4-3-5-7-9;1-3(2)4(5)6/h3-8H,1-2H3;3H,1-2H3,(H,5,6). The first-order valence-corrected chi connectivity index (χ1v) is 5.23. The van der Waals surface area contributed by atoms with Crippen LogP contribution < -0.4 is 0 Å². The Balaban J connectivity index is 0.000000288. The molecule has 0 heterocycles. The van der Waals surface area contributed by atoms with Gasteiger partial charge in [0, 0.05) is 0 Å². The third-order valence-electron chi connectivity index (χ3n) is 1.96. The largest absolute Gasteiger partial charge is 0.481 e. The minimum absolute atomic E-state index is 0.231. The van der Waals surface area contributed by atoms with Gasteiger partial charge in [-0.2, -0.15) is 0 Å². The van der Waals surface area contributed by atoms with Crippen molar-refractivity contribution in [3.05, 3.63) is 35.9 Å². The van der Waals surface area contributed by atoms with Gasteiger partial charge < -0.3 is 5.11 Å². The molecule has 0 aliphatic carbocycles. The minimum atomic E-state index is -0.741. The van der Waals surface area contributed by atoms with E-state index in [9.17, 15) is 4.79 Å². The average Bonchev–Trinajstić information content (AvgIpc) is 2.20. The fourth-order valence-electron chi connectivity index (χ4n) is 0.838. The maximum absolute atomic E-state index is 9.70. The first kappa shape index (κ1) is 13.7. The number of aliphatic carboxylic acids is 1. The van der Waals surface area contributed by atoms with Gasteiger partial charge in [0.15, 0.2) is 0 Å². The SMILES string of the molecule is CC(C)C(=O)O.CC(C)c1ccccc1. The Morgan fingerprint density at radius 2 is 1.47 bits per heavy atom. The number of carboxylic acid groups (broad SMARTS) is 1. The Bertz CT molecular complexity index is 276. The third-order valence-corrected chi connectivity index (χ3v) is 1.96. The van der Waals surface area contributed by atoms with Crippen molar-refractivity contribution in [2.24, 2.45) is 5.92 Å². The van der Waals surface area contributed by atoms with Crippen molar-refractivity contribution in [1.29, 1.82) is 0 Å². The Labute approximate surface area is 91.9 Å². The number of benzene rings is 1. The summed E-state index contributed by atoms with van der Waals surface area (Å²) in [6.07, 6.45) is 0. The van der Waals surface area contributed by atoms with Gasteiger partial charge in [-0.1, -0.05) is 58.0 Å². The highest BCUT2D eigenvalue weighted by Gasteiger charge is 1.99. The van der Waals surface area contributed by atoms with E-state index in [1.807, 2.05) is 6.07 Å². The molecule has 2 nitrogen and oxygen atoms in total. The molecular weight excluding hydrogens is 188 g/mol. The van der Waals surface area contributed by atoms with Crippen LogP contribution in [-0.2, 0) is 4.79 Å². The van der Waals surface area contributed by atoms with E-state index in [0.717, 1.165) is 0 Å². The number of rotatable bonds is 2. The van der Waals surface area contributed by atoms with Gasteiger partial charge in [0.25, 0.3) is 0 Å². The summed E-state index contributed by atoms with van der Waals surface area (Å²) < 4.78 is 0. The molecule has 0 amide bonds. The maximum atomic E-state index is 9.70. The van der Waals surface area contributed by atoms with Crippen molar-refractivity contribution >= 4 is 5.97 Å². The van der Waals surface area contributed by atoms with Crippen LogP contribution in [0.25, 0.3) is 0 Å². The Hall–Kier alpha value is -1.31. The first-order valence-electron chi connectivity index (χ1n) is 5.23. The zero-order chi connectivity index (χ0) is 11.8. The molecule has 1 N–H and O–H groups in total. The van der Waals surface area contributed by atoms with Crippen LogP contribution in [0.15, 0.2) is 30.3 Å². The summed E-state index contributed by atoms with van der Waals surface area (Å²) in [6.45, 7) is 7.69. The topological polar surface area (TPSA) is 37.3 Å². The zero-order valence-corrected chi connectivity index (χ0v) is 9.90. The van der Waals surface area contributed by atoms with E-state index in [1.54, 1.807) is 13.8 Å². The molecule has 0 aliphatic rings. The normalized spacial score (nSPS) is 9.73. The average molecular weight is 208 g/mol. The van der Waals surface area contributed by atoms with Crippen LogP contribution in [0.1, 0.15) is 39.2 Å². The zero-order valence-electron chi connectivity index (χ0n) is 9.90. The summed E-state index contributed by atoms with van der Waals surface area (Å²) in [5, 5.41) is 7.99. The second-order valence-corrected chi connectivity index (χ2v) is 4.06. The van der Waals surface area contributed by atoms with Gasteiger partial charge in [-0.05, 0) is 11.5 Å². The van der Waals surface area contributed by atoms with Crippen LogP contribution >= 0.6 is 0 Å². The van der Waals surface area contributed by atoms with Crippen LogP contribution in [0, 0.1) is 5.92 Å². The minimum Gasteiger partial charge on any atom is -0.481 e. The van der Waals surface area contributed by atoms with Crippen LogP contribution in [0.2, 0.25) is 0 Å². The summed E-state index contributed by atoms with van der Waals surface area (Å²) >= 11 is 0. The second-order valence-electron chi connectivity index (χ2n) is 4.06. The predicted molar refractivity (Wildman–Crippen MR) is 63.0 cm³/mol. The maximum Gasteiger partial charge on any atom is 0.305 e. The van der Waals surface area contributed by atoms with Crippen molar-refractivity contribution in [3.8, 4) is 0 Å². The van der Waals surface area contributed by atoms with E-state index in [4.69, 9.17) is 5.11 Å². The number of hydrogen-bond donors (Lipinski definition) is 1.